The van der Waals surface area contributed by atoms with E-state index in [1.165, 1.54) is 44.3 Å². The standard InChI is InChI=1S/C16H24N2.ClH/c17-11-13-7-9-18(10-8-13)12-14-1-3-15(4-2-14)16-5-6-16;/h1-4,13,16H,5-12,17H2;1H. The first-order valence-electron chi connectivity index (χ1n) is 7.36. The Morgan fingerprint density at radius 1 is 1.00 bits per heavy atom. The van der Waals surface area contributed by atoms with Gasteiger partial charge in [0.25, 0.3) is 0 Å². The first-order valence-corrected chi connectivity index (χ1v) is 7.36. The van der Waals surface area contributed by atoms with Gasteiger partial charge in [-0.3, -0.25) is 4.90 Å². The molecule has 1 aromatic carbocycles. The van der Waals surface area contributed by atoms with Crippen molar-refractivity contribution in [3.05, 3.63) is 35.4 Å². The van der Waals surface area contributed by atoms with Crippen molar-refractivity contribution >= 4 is 12.4 Å². The Morgan fingerprint density at radius 2 is 1.63 bits per heavy atom. The summed E-state index contributed by atoms with van der Waals surface area (Å²) in [4.78, 5) is 2.57. The summed E-state index contributed by atoms with van der Waals surface area (Å²) >= 11 is 0. The van der Waals surface area contributed by atoms with E-state index in [0.717, 1.165) is 24.9 Å². The van der Waals surface area contributed by atoms with Gasteiger partial charge in [0, 0.05) is 6.54 Å². The lowest BCUT2D eigenvalue weighted by atomic mass is 9.96. The van der Waals surface area contributed by atoms with E-state index in [-0.39, 0.29) is 12.4 Å². The molecule has 1 aromatic rings. The third-order valence-corrected chi connectivity index (χ3v) is 4.48. The SMILES string of the molecule is Cl.NCC1CCN(Cc2ccc(C3CC3)cc2)CC1. The molecule has 19 heavy (non-hydrogen) atoms. The number of benzene rings is 1. The molecule has 1 aliphatic carbocycles. The topological polar surface area (TPSA) is 29.3 Å². The normalized spacial score (nSPS) is 21.1. The van der Waals surface area contributed by atoms with Gasteiger partial charge in [0.05, 0.1) is 0 Å². The molecule has 0 radical (unpaired) electrons. The van der Waals surface area contributed by atoms with Crippen LogP contribution in [0.4, 0.5) is 0 Å². The van der Waals surface area contributed by atoms with Gasteiger partial charge in [0.1, 0.15) is 0 Å². The predicted octanol–water partition coefficient (Wildman–Crippen LogP) is 3.16. The summed E-state index contributed by atoms with van der Waals surface area (Å²) < 4.78 is 0. The minimum atomic E-state index is 0. The van der Waals surface area contributed by atoms with Gasteiger partial charge in [-0.25, -0.2) is 0 Å². The largest absolute Gasteiger partial charge is 0.330 e. The summed E-state index contributed by atoms with van der Waals surface area (Å²) in [5.41, 5.74) is 8.74. The van der Waals surface area contributed by atoms with Gasteiger partial charge in [-0.2, -0.15) is 0 Å². The third-order valence-electron chi connectivity index (χ3n) is 4.48. The molecule has 2 aliphatic rings. The van der Waals surface area contributed by atoms with Crippen LogP contribution in [0.25, 0.3) is 0 Å². The molecule has 1 saturated heterocycles. The molecule has 0 spiro atoms. The molecule has 0 aromatic heterocycles. The van der Waals surface area contributed by atoms with Crippen LogP contribution < -0.4 is 5.73 Å². The molecule has 2 nitrogen and oxygen atoms in total. The van der Waals surface area contributed by atoms with E-state index in [4.69, 9.17) is 5.73 Å². The molecule has 0 bridgehead atoms. The minimum absolute atomic E-state index is 0. The fourth-order valence-electron chi connectivity index (χ4n) is 2.95. The predicted molar refractivity (Wildman–Crippen MR) is 82.7 cm³/mol. The lowest BCUT2D eigenvalue weighted by Gasteiger charge is -2.31. The van der Waals surface area contributed by atoms with E-state index in [2.05, 4.69) is 29.2 Å². The zero-order valence-electron chi connectivity index (χ0n) is 11.6. The van der Waals surface area contributed by atoms with E-state index >= 15 is 0 Å². The number of piperidine rings is 1. The Balaban J connectivity index is 0.00000133. The highest BCUT2D eigenvalue weighted by Gasteiger charge is 2.23. The van der Waals surface area contributed by atoms with E-state index in [1.54, 1.807) is 5.56 Å². The first-order chi connectivity index (χ1) is 8.85. The maximum absolute atomic E-state index is 5.73. The van der Waals surface area contributed by atoms with E-state index in [9.17, 15) is 0 Å². The van der Waals surface area contributed by atoms with Crippen LogP contribution in [0.2, 0.25) is 0 Å². The molecule has 0 amide bonds. The molecule has 1 heterocycles. The Labute approximate surface area is 122 Å². The summed E-state index contributed by atoms with van der Waals surface area (Å²) in [5, 5.41) is 0. The van der Waals surface area contributed by atoms with Crippen molar-refractivity contribution in [3.63, 3.8) is 0 Å². The van der Waals surface area contributed by atoms with Crippen LogP contribution in [0, 0.1) is 5.92 Å². The van der Waals surface area contributed by atoms with Crippen molar-refractivity contribution in [2.24, 2.45) is 11.7 Å². The molecule has 2 N–H and O–H groups in total. The number of nitrogens with two attached hydrogens (primary N) is 1. The lowest BCUT2D eigenvalue weighted by molar-refractivity contribution is 0.180. The third kappa shape index (κ3) is 3.95. The zero-order chi connectivity index (χ0) is 12.4. The minimum Gasteiger partial charge on any atom is -0.330 e. The van der Waals surface area contributed by atoms with Crippen LogP contribution in [0.15, 0.2) is 24.3 Å². The number of hydrogen-bond donors (Lipinski definition) is 1. The van der Waals surface area contributed by atoms with Crippen molar-refractivity contribution < 1.29 is 0 Å². The quantitative estimate of drug-likeness (QED) is 0.918. The Hall–Kier alpha value is -0.570. The average molecular weight is 281 g/mol. The summed E-state index contributed by atoms with van der Waals surface area (Å²) in [6.45, 7) is 4.41. The monoisotopic (exact) mass is 280 g/mol. The van der Waals surface area contributed by atoms with Crippen molar-refractivity contribution in [3.8, 4) is 0 Å². The molecule has 0 unspecified atom stereocenters. The van der Waals surface area contributed by atoms with E-state index < -0.39 is 0 Å². The molecule has 2 fully saturated rings. The Kier molecular flexibility index (Phi) is 5.26. The van der Waals surface area contributed by atoms with Crippen LogP contribution in [0.5, 0.6) is 0 Å². The molecular formula is C16H25ClN2. The van der Waals surface area contributed by atoms with Crippen LogP contribution in [-0.2, 0) is 6.54 Å². The van der Waals surface area contributed by atoms with Gasteiger partial charge < -0.3 is 5.73 Å². The van der Waals surface area contributed by atoms with Gasteiger partial charge in [-0.15, -0.1) is 12.4 Å². The molecule has 3 heteroatoms. The van der Waals surface area contributed by atoms with Crippen LogP contribution in [0.1, 0.15) is 42.7 Å². The fraction of sp³-hybridized carbons (Fsp3) is 0.625. The zero-order valence-corrected chi connectivity index (χ0v) is 12.4. The second kappa shape index (κ2) is 6.74. The van der Waals surface area contributed by atoms with Crippen molar-refractivity contribution in [1.29, 1.82) is 0 Å². The highest BCUT2D eigenvalue weighted by atomic mass is 35.5. The number of rotatable bonds is 4. The maximum atomic E-state index is 5.73. The summed E-state index contributed by atoms with van der Waals surface area (Å²) in [6.07, 6.45) is 5.34. The summed E-state index contributed by atoms with van der Waals surface area (Å²) in [5.74, 6) is 1.64. The fourth-order valence-corrected chi connectivity index (χ4v) is 2.95. The molecule has 0 atom stereocenters. The molecule has 1 aliphatic heterocycles. The Morgan fingerprint density at radius 3 is 2.16 bits per heavy atom. The van der Waals surface area contributed by atoms with Gasteiger partial charge in [0.15, 0.2) is 0 Å². The molecule has 3 rings (SSSR count). The number of nitrogens with zero attached hydrogens (tertiary/aromatic N) is 1. The number of hydrogen-bond acceptors (Lipinski definition) is 2. The first kappa shape index (κ1) is 14.8. The van der Waals surface area contributed by atoms with Crippen molar-refractivity contribution in [2.45, 2.75) is 38.1 Å². The summed E-state index contributed by atoms with van der Waals surface area (Å²) in [7, 11) is 0. The smallest absolute Gasteiger partial charge is 0.0233 e. The van der Waals surface area contributed by atoms with Crippen LogP contribution in [0.3, 0.4) is 0 Å². The van der Waals surface area contributed by atoms with E-state index in [1.807, 2.05) is 0 Å². The second-order valence-electron chi connectivity index (χ2n) is 5.97. The highest BCUT2D eigenvalue weighted by Crippen LogP contribution is 2.39. The van der Waals surface area contributed by atoms with Crippen molar-refractivity contribution in [2.75, 3.05) is 19.6 Å². The summed E-state index contributed by atoms with van der Waals surface area (Å²) in [6, 6.07) is 9.31. The second-order valence-corrected chi connectivity index (χ2v) is 5.97. The maximum Gasteiger partial charge on any atom is 0.0233 e. The van der Waals surface area contributed by atoms with E-state index in [0.29, 0.717) is 0 Å². The van der Waals surface area contributed by atoms with Crippen LogP contribution in [-0.4, -0.2) is 24.5 Å². The van der Waals surface area contributed by atoms with Gasteiger partial charge in [-0.05, 0) is 68.3 Å². The highest BCUT2D eigenvalue weighted by molar-refractivity contribution is 5.85. The van der Waals surface area contributed by atoms with Crippen LogP contribution >= 0.6 is 12.4 Å². The van der Waals surface area contributed by atoms with Gasteiger partial charge >= 0.3 is 0 Å². The van der Waals surface area contributed by atoms with Crippen molar-refractivity contribution in [1.82, 2.24) is 4.90 Å². The lowest BCUT2D eigenvalue weighted by Crippen LogP contribution is -2.35. The number of likely N-dealkylation sites (tertiary alicyclic amines) is 1. The number of halogens is 1. The molecule has 1 saturated carbocycles. The average Bonchev–Trinajstić information content (AvgIpc) is 3.25. The van der Waals surface area contributed by atoms with Gasteiger partial charge in [0.2, 0.25) is 0 Å². The Bertz CT molecular complexity index is 378. The van der Waals surface area contributed by atoms with Gasteiger partial charge in [-0.1, -0.05) is 24.3 Å². The molecule has 106 valence electrons. The molecular weight excluding hydrogens is 256 g/mol.